The molecular weight excluding hydrogens is 260 g/mol. The van der Waals surface area contributed by atoms with Gasteiger partial charge in [-0.05, 0) is 45.8 Å². The molecule has 0 radical (unpaired) electrons. The summed E-state index contributed by atoms with van der Waals surface area (Å²) in [6, 6.07) is 7.85. The molecule has 1 aromatic rings. The summed E-state index contributed by atoms with van der Waals surface area (Å²) in [7, 11) is 2.22. The molecule has 0 bridgehead atoms. The summed E-state index contributed by atoms with van der Waals surface area (Å²) in [5.41, 5.74) is 4.10. The van der Waals surface area contributed by atoms with E-state index in [2.05, 4.69) is 56.2 Å². The normalized spacial score (nSPS) is 20.1. The Morgan fingerprint density at radius 2 is 2.00 bits per heavy atom. The number of hydrogen-bond donors (Lipinski definition) is 1. The highest BCUT2D eigenvalue weighted by atomic mass is 16.5. The van der Waals surface area contributed by atoms with Crippen LogP contribution in [0.5, 0.6) is 0 Å². The first-order valence-electron chi connectivity index (χ1n) is 8.19. The molecule has 1 fully saturated rings. The maximum absolute atomic E-state index is 5.52. The zero-order valence-corrected chi connectivity index (χ0v) is 14.0. The van der Waals surface area contributed by atoms with Crippen LogP contribution in [0.15, 0.2) is 18.2 Å². The summed E-state index contributed by atoms with van der Waals surface area (Å²) in [5.74, 6) is 0. The summed E-state index contributed by atoms with van der Waals surface area (Å²) >= 11 is 0. The molecule has 0 spiro atoms. The largest absolute Gasteiger partial charge is 0.380 e. The van der Waals surface area contributed by atoms with E-state index in [0.717, 1.165) is 39.1 Å². The lowest BCUT2D eigenvalue weighted by molar-refractivity contribution is 0.153. The van der Waals surface area contributed by atoms with Crippen LogP contribution in [0.3, 0.4) is 0 Å². The Bertz CT molecular complexity index is 421. The number of rotatable bonds is 7. The molecule has 0 aromatic heterocycles. The molecule has 118 valence electrons. The summed E-state index contributed by atoms with van der Waals surface area (Å²) < 4.78 is 5.52. The van der Waals surface area contributed by atoms with Crippen LogP contribution >= 0.6 is 0 Å². The van der Waals surface area contributed by atoms with Crippen molar-refractivity contribution in [3.63, 3.8) is 0 Å². The lowest BCUT2D eigenvalue weighted by Gasteiger charge is -2.29. The maximum Gasteiger partial charge on any atom is 0.0622 e. The number of likely N-dealkylation sites (N-methyl/N-ethyl adjacent to an activating group) is 1. The Kier molecular flexibility index (Phi) is 6.22. The molecule has 1 N–H and O–H groups in total. The van der Waals surface area contributed by atoms with Gasteiger partial charge in [-0.2, -0.15) is 0 Å². The standard InChI is InChI=1S/C18H30N2O/c1-5-7-19-18(12-20(4)17-6-8-21-13-17)16-10-14(2)9-15(3)11-16/h9-11,17-19H,5-8,12-13H2,1-4H3. The molecule has 2 rings (SSSR count). The lowest BCUT2D eigenvalue weighted by Crippen LogP contribution is -2.39. The number of ether oxygens (including phenoxy) is 1. The molecule has 0 amide bonds. The van der Waals surface area contributed by atoms with Gasteiger partial charge >= 0.3 is 0 Å². The van der Waals surface area contributed by atoms with Crippen molar-refractivity contribution in [1.82, 2.24) is 10.2 Å². The van der Waals surface area contributed by atoms with E-state index in [1.54, 1.807) is 0 Å². The molecular formula is C18H30N2O. The van der Waals surface area contributed by atoms with Gasteiger partial charge < -0.3 is 10.1 Å². The van der Waals surface area contributed by atoms with Crippen LogP contribution in [0, 0.1) is 13.8 Å². The van der Waals surface area contributed by atoms with Gasteiger partial charge in [0.25, 0.3) is 0 Å². The monoisotopic (exact) mass is 290 g/mol. The van der Waals surface area contributed by atoms with Gasteiger partial charge in [-0.25, -0.2) is 0 Å². The SMILES string of the molecule is CCCNC(CN(C)C1CCOC1)c1cc(C)cc(C)c1. The lowest BCUT2D eigenvalue weighted by atomic mass is 10.00. The molecule has 0 aliphatic carbocycles. The molecule has 1 heterocycles. The Morgan fingerprint density at radius 1 is 1.29 bits per heavy atom. The highest BCUT2D eigenvalue weighted by Crippen LogP contribution is 2.20. The van der Waals surface area contributed by atoms with E-state index >= 15 is 0 Å². The first-order chi connectivity index (χ1) is 10.1. The van der Waals surface area contributed by atoms with Crippen molar-refractivity contribution < 1.29 is 4.74 Å². The van der Waals surface area contributed by atoms with E-state index in [9.17, 15) is 0 Å². The Labute approximate surface area is 129 Å². The van der Waals surface area contributed by atoms with Crippen molar-refractivity contribution in [2.45, 2.75) is 45.7 Å². The third-order valence-corrected chi connectivity index (χ3v) is 4.29. The molecule has 1 saturated heterocycles. The molecule has 2 atom stereocenters. The molecule has 3 heteroatoms. The predicted octanol–water partition coefficient (Wildman–Crippen LogP) is 3.06. The highest BCUT2D eigenvalue weighted by Gasteiger charge is 2.23. The molecule has 21 heavy (non-hydrogen) atoms. The number of nitrogens with zero attached hydrogens (tertiary/aromatic N) is 1. The van der Waals surface area contributed by atoms with Gasteiger partial charge in [0.15, 0.2) is 0 Å². The van der Waals surface area contributed by atoms with E-state index in [1.165, 1.54) is 16.7 Å². The fraction of sp³-hybridized carbons (Fsp3) is 0.667. The second-order valence-corrected chi connectivity index (χ2v) is 6.38. The van der Waals surface area contributed by atoms with Crippen LogP contribution in [0.4, 0.5) is 0 Å². The van der Waals surface area contributed by atoms with Crippen molar-refractivity contribution in [1.29, 1.82) is 0 Å². The van der Waals surface area contributed by atoms with Gasteiger partial charge in [-0.15, -0.1) is 0 Å². The van der Waals surface area contributed by atoms with Crippen molar-refractivity contribution in [3.8, 4) is 0 Å². The van der Waals surface area contributed by atoms with Crippen LogP contribution in [0.1, 0.15) is 42.5 Å². The number of nitrogens with one attached hydrogen (secondary N) is 1. The molecule has 2 unspecified atom stereocenters. The van der Waals surface area contributed by atoms with Gasteiger partial charge in [0.2, 0.25) is 0 Å². The summed E-state index contributed by atoms with van der Waals surface area (Å²) in [6.07, 6.45) is 2.32. The third-order valence-electron chi connectivity index (χ3n) is 4.29. The highest BCUT2D eigenvalue weighted by molar-refractivity contribution is 5.31. The predicted molar refractivity (Wildman–Crippen MR) is 88.8 cm³/mol. The van der Waals surface area contributed by atoms with Gasteiger partial charge in [-0.3, -0.25) is 4.90 Å². The minimum absolute atomic E-state index is 0.397. The van der Waals surface area contributed by atoms with E-state index in [1.807, 2.05) is 0 Å². The summed E-state index contributed by atoms with van der Waals surface area (Å²) in [5, 5.41) is 3.71. The van der Waals surface area contributed by atoms with Crippen molar-refractivity contribution in [3.05, 3.63) is 34.9 Å². The molecule has 1 aliphatic heterocycles. The second kappa shape index (κ2) is 7.92. The third kappa shape index (κ3) is 4.80. The quantitative estimate of drug-likeness (QED) is 0.835. The minimum atomic E-state index is 0.397. The van der Waals surface area contributed by atoms with Crippen LogP contribution in [-0.2, 0) is 4.74 Å². The Hall–Kier alpha value is -0.900. The number of benzene rings is 1. The van der Waals surface area contributed by atoms with Gasteiger partial charge in [0.1, 0.15) is 0 Å². The summed E-state index contributed by atoms with van der Waals surface area (Å²) in [6.45, 7) is 10.5. The Balaban J connectivity index is 2.08. The fourth-order valence-corrected chi connectivity index (χ4v) is 3.12. The van der Waals surface area contributed by atoms with Gasteiger partial charge in [0, 0.05) is 25.2 Å². The average Bonchev–Trinajstić information content (AvgIpc) is 2.96. The van der Waals surface area contributed by atoms with Crippen LogP contribution in [0.2, 0.25) is 0 Å². The van der Waals surface area contributed by atoms with E-state index in [-0.39, 0.29) is 0 Å². The van der Waals surface area contributed by atoms with Crippen LogP contribution in [0.25, 0.3) is 0 Å². The maximum atomic E-state index is 5.52. The number of hydrogen-bond acceptors (Lipinski definition) is 3. The van der Waals surface area contributed by atoms with Crippen LogP contribution in [-0.4, -0.2) is 44.3 Å². The minimum Gasteiger partial charge on any atom is -0.380 e. The van der Waals surface area contributed by atoms with Crippen molar-refractivity contribution in [2.24, 2.45) is 0 Å². The van der Waals surface area contributed by atoms with E-state index in [0.29, 0.717) is 12.1 Å². The zero-order valence-electron chi connectivity index (χ0n) is 14.0. The van der Waals surface area contributed by atoms with Gasteiger partial charge in [0.05, 0.1) is 6.61 Å². The number of aryl methyl sites for hydroxylation is 2. The first-order valence-corrected chi connectivity index (χ1v) is 8.19. The molecule has 0 saturated carbocycles. The summed E-state index contributed by atoms with van der Waals surface area (Å²) in [4.78, 5) is 2.46. The first kappa shape index (κ1) is 16.5. The average molecular weight is 290 g/mol. The van der Waals surface area contributed by atoms with Crippen molar-refractivity contribution in [2.75, 3.05) is 33.4 Å². The van der Waals surface area contributed by atoms with Crippen LogP contribution < -0.4 is 5.32 Å². The Morgan fingerprint density at radius 3 is 2.57 bits per heavy atom. The molecule has 3 nitrogen and oxygen atoms in total. The second-order valence-electron chi connectivity index (χ2n) is 6.38. The zero-order chi connectivity index (χ0) is 15.2. The van der Waals surface area contributed by atoms with E-state index in [4.69, 9.17) is 4.74 Å². The van der Waals surface area contributed by atoms with Gasteiger partial charge in [-0.1, -0.05) is 36.2 Å². The molecule has 1 aliphatic rings. The topological polar surface area (TPSA) is 24.5 Å². The molecule has 1 aromatic carbocycles. The van der Waals surface area contributed by atoms with Crippen molar-refractivity contribution >= 4 is 0 Å². The smallest absolute Gasteiger partial charge is 0.0622 e. The van der Waals surface area contributed by atoms with E-state index < -0.39 is 0 Å². The fourth-order valence-electron chi connectivity index (χ4n) is 3.12.